The Bertz CT molecular complexity index is 1090. The molecule has 136 valence electrons. The molecule has 2 aromatic heterocycles. The maximum absolute atomic E-state index is 5.54. The summed E-state index contributed by atoms with van der Waals surface area (Å²) >= 11 is 0. The average molecular weight is 358 g/mol. The molecule has 27 heavy (non-hydrogen) atoms. The molecule has 4 aromatic rings. The minimum atomic E-state index is 0.214. The summed E-state index contributed by atoms with van der Waals surface area (Å²) in [6.45, 7) is 4.29. The molecule has 0 radical (unpaired) electrons. The zero-order valence-electron chi connectivity index (χ0n) is 15.8. The fraction of sp³-hybridized carbons (Fsp3) is 0.227. The Morgan fingerprint density at radius 2 is 1.78 bits per heavy atom. The molecule has 2 heterocycles. The van der Waals surface area contributed by atoms with Crippen molar-refractivity contribution in [1.29, 1.82) is 0 Å². The number of para-hydroxylation sites is 1. The SMILES string of the molecule is CCC(C)n1nc(-c2cc3ccccc3cn2)nc1-c1ccccc1OC. The number of nitrogens with zero attached hydrogens (tertiary/aromatic N) is 4. The number of rotatable bonds is 5. The fourth-order valence-corrected chi connectivity index (χ4v) is 3.13. The first kappa shape index (κ1) is 17.2. The van der Waals surface area contributed by atoms with E-state index in [4.69, 9.17) is 14.8 Å². The van der Waals surface area contributed by atoms with Crippen molar-refractivity contribution >= 4 is 10.8 Å². The van der Waals surface area contributed by atoms with E-state index in [9.17, 15) is 0 Å². The fourth-order valence-electron chi connectivity index (χ4n) is 3.13. The number of aromatic nitrogens is 4. The molecule has 1 unspecified atom stereocenters. The molecule has 0 aliphatic rings. The maximum Gasteiger partial charge on any atom is 0.200 e. The second kappa shape index (κ2) is 7.19. The van der Waals surface area contributed by atoms with Crippen LogP contribution in [0.3, 0.4) is 0 Å². The predicted octanol–water partition coefficient (Wildman–Crippen LogP) is 5.14. The number of methoxy groups -OCH3 is 1. The van der Waals surface area contributed by atoms with Gasteiger partial charge < -0.3 is 4.74 Å². The molecule has 2 aromatic carbocycles. The molecule has 0 N–H and O–H groups in total. The van der Waals surface area contributed by atoms with E-state index in [-0.39, 0.29) is 6.04 Å². The third kappa shape index (κ3) is 3.16. The summed E-state index contributed by atoms with van der Waals surface area (Å²) in [7, 11) is 1.68. The number of pyridine rings is 1. The van der Waals surface area contributed by atoms with Gasteiger partial charge >= 0.3 is 0 Å². The van der Waals surface area contributed by atoms with E-state index in [1.807, 2.05) is 53.3 Å². The van der Waals surface area contributed by atoms with Gasteiger partial charge in [0.05, 0.1) is 18.7 Å². The van der Waals surface area contributed by atoms with Crippen LogP contribution < -0.4 is 4.74 Å². The average Bonchev–Trinajstić information content (AvgIpc) is 3.18. The number of ether oxygens (including phenoxy) is 1. The monoisotopic (exact) mass is 358 g/mol. The topological polar surface area (TPSA) is 52.8 Å². The van der Waals surface area contributed by atoms with Gasteiger partial charge in [0, 0.05) is 11.6 Å². The third-order valence-electron chi connectivity index (χ3n) is 4.85. The smallest absolute Gasteiger partial charge is 0.200 e. The lowest BCUT2D eigenvalue weighted by Crippen LogP contribution is -2.08. The van der Waals surface area contributed by atoms with Gasteiger partial charge in [-0.2, -0.15) is 0 Å². The Morgan fingerprint density at radius 1 is 1.04 bits per heavy atom. The van der Waals surface area contributed by atoms with Gasteiger partial charge in [0.25, 0.3) is 0 Å². The van der Waals surface area contributed by atoms with Gasteiger partial charge in [-0.25, -0.2) is 9.67 Å². The summed E-state index contributed by atoms with van der Waals surface area (Å²) in [5.74, 6) is 2.21. The van der Waals surface area contributed by atoms with E-state index in [0.29, 0.717) is 5.82 Å². The zero-order chi connectivity index (χ0) is 18.8. The summed E-state index contributed by atoms with van der Waals surface area (Å²) in [5, 5.41) is 7.03. The van der Waals surface area contributed by atoms with Crippen LogP contribution in [0.2, 0.25) is 0 Å². The predicted molar refractivity (Wildman–Crippen MR) is 108 cm³/mol. The van der Waals surface area contributed by atoms with Crippen molar-refractivity contribution in [2.75, 3.05) is 7.11 Å². The Balaban J connectivity index is 1.88. The first-order chi connectivity index (χ1) is 13.2. The minimum absolute atomic E-state index is 0.214. The van der Waals surface area contributed by atoms with E-state index in [1.165, 1.54) is 0 Å². The van der Waals surface area contributed by atoms with E-state index in [0.717, 1.165) is 40.0 Å². The molecule has 0 fully saturated rings. The summed E-state index contributed by atoms with van der Waals surface area (Å²) < 4.78 is 7.52. The highest BCUT2D eigenvalue weighted by Crippen LogP contribution is 2.32. The van der Waals surface area contributed by atoms with Gasteiger partial charge in [0.2, 0.25) is 0 Å². The standard InChI is InChI=1S/C22H22N4O/c1-4-15(2)26-22(18-11-7-8-12-20(18)27-3)24-21(25-26)19-13-16-9-5-6-10-17(16)14-23-19/h5-15H,4H2,1-3H3. The lowest BCUT2D eigenvalue weighted by atomic mass is 10.1. The number of hydrogen-bond donors (Lipinski definition) is 0. The molecular formula is C22H22N4O. The van der Waals surface area contributed by atoms with Crippen LogP contribution in [-0.4, -0.2) is 26.9 Å². The van der Waals surface area contributed by atoms with Gasteiger partial charge in [-0.1, -0.05) is 43.3 Å². The van der Waals surface area contributed by atoms with Gasteiger partial charge in [-0.05, 0) is 36.9 Å². The second-order valence-corrected chi connectivity index (χ2v) is 6.58. The summed E-state index contributed by atoms with van der Waals surface area (Å²) in [5.41, 5.74) is 1.70. The molecule has 0 bridgehead atoms. The van der Waals surface area contributed by atoms with Crippen LogP contribution in [0.15, 0.2) is 60.8 Å². The summed E-state index contributed by atoms with van der Waals surface area (Å²) in [6.07, 6.45) is 2.83. The van der Waals surface area contributed by atoms with E-state index >= 15 is 0 Å². The normalized spacial score (nSPS) is 12.3. The Labute approximate surface area is 158 Å². The highest BCUT2D eigenvalue weighted by atomic mass is 16.5. The first-order valence-electron chi connectivity index (χ1n) is 9.16. The van der Waals surface area contributed by atoms with Crippen molar-refractivity contribution < 1.29 is 4.74 Å². The molecule has 0 amide bonds. The van der Waals surface area contributed by atoms with E-state index < -0.39 is 0 Å². The highest BCUT2D eigenvalue weighted by molar-refractivity contribution is 5.84. The molecule has 1 atom stereocenters. The minimum Gasteiger partial charge on any atom is -0.496 e. The molecule has 0 saturated heterocycles. The van der Waals surface area contributed by atoms with Crippen LogP contribution in [0.25, 0.3) is 33.7 Å². The largest absolute Gasteiger partial charge is 0.496 e. The maximum atomic E-state index is 5.54. The van der Waals surface area contributed by atoms with E-state index in [1.54, 1.807) is 7.11 Å². The Hall–Kier alpha value is -3.21. The molecule has 0 aliphatic heterocycles. The Morgan fingerprint density at radius 3 is 2.56 bits per heavy atom. The Kier molecular flexibility index (Phi) is 4.59. The molecule has 4 rings (SSSR count). The number of hydrogen-bond acceptors (Lipinski definition) is 4. The van der Waals surface area contributed by atoms with Gasteiger partial charge in [-0.15, -0.1) is 5.10 Å². The number of benzene rings is 2. The number of fused-ring (bicyclic) bond motifs is 1. The van der Waals surface area contributed by atoms with Crippen LogP contribution in [0, 0.1) is 0 Å². The van der Waals surface area contributed by atoms with Crippen molar-refractivity contribution in [3.63, 3.8) is 0 Å². The molecular weight excluding hydrogens is 336 g/mol. The van der Waals surface area contributed by atoms with Crippen LogP contribution >= 0.6 is 0 Å². The lowest BCUT2D eigenvalue weighted by Gasteiger charge is -2.13. The quantitative estimate of drug-likeness (QED) is 0.496. The van der Waals surface area contributed by atoms with Crippen LogP contribution in [-0.2, 0) is 0 Å². The summed E-state index contributed by atoms with van der Waals surface area (Å²) in [6, 6.07) is 18.3. The molecule has 0 aliphatic carbocycles. The first-order valence-corrected chi connectivity index (χ1v) is 9.16. The van der Waals surface area contributed by atoms with Crippen molar-refractivity contribution in [2.45, 2.75) is 26.3 Å². The second-order valence-electron chi connectivity index (χ2n) is 6.58. The lowest BCUT2D eigenvalue weighted by molar-refractivity contribution is 0.414. The molecule has 0 spiro atoms. The van der Waals surface area contributed by atoms with Crippen molar-refractivity contribution in [3.8, 4) is 28.7 Å². The van der Waals surface area contributed by atoms with Crippen LogP contribution in [0.4, 0.5) is 0 Å². The highest BCUT2D eigenvalue weighted by Gasteiger charge is 2.20. The van der Waals surface area contributed by atoms with Gasteiger partial charge in [0.15, 0.2) is 11.6 Å². The van der Waals surface area contributed by atoms with Crippen molar-refractivity contribution in [1.82, 2.24) is 19.7 Å². The van der Waals surface area contributed by atoms with Crippen molar-refractivity contribution in [3.05, 3.63) is 60.8 Å². The molecule has 5 nitrogen and oxygen atoms in total. The zero-order valence-corrected chi connectivity index (χ0v) is 15.8. The van der Waals surface area contributed by atoms with Crippen LogP contribution in [0.5, 0.6) is 5.75 Å². The van der Waals surface area contributed by atoms with Crippen molar-refractivity contribution in [2.24, 2.45) is 0 Å². The van der Waals surface area contributed by atoms with Crippen LogP contribution in [0.1, 0.15) is 26.3 Å². The molecule has 5 heteroatoms. The molecule has 0 saturated carbocycles. The van der Waals surface area contributed by atoms with E-state index in [2.05, 4.69) is 31.0 Å². The third-order valence-corrected chi connectivity index (χ3v) is 4.85. The van der Waals surface area contributed by atoms with Gasteiger partial charge in [0.1, 0.15) is 11.4 Å². The van der Waals surface area contributed by atoms with Gasteiger partial charge in [-0.3, -0.25) is 4.98 Å². The summed E-state index contributed by atoms with van der Waals surface area (Å²) in [4.78, 5) is 9.43.